The number of hydrogen-bond acceptors (Lipinski definition) is 4. The van der Waals surface area contributed by atoms with Crippen molar-refractivity contribution in [2.75, 3.05) is 23.1 Å². The van der Waals surface area contributed by atoms with Crippen molar-refractivity contribution >= 4 is 27.3 Å². The number of para-hydroxylation sites is 2. The van der Waals surface area contributed by atoms with Gasteiger partial charge >= 0.3 is 0 Å². The van der Waals surface area contributed by atoms with Crippen LogP contribution in [0, 0.1) is 11.3 Å². The fourth-order valence-corrected chi connectivity index (χ4v) is 5.00. The van der Waals surface area contributed by atoms with Crippen LogP contribution >= 0.6 is 0 Å². The highest BCUT2D eigenvalue weighted by Gasteiger charge is 2.57. The maximum Gasteiger partial charge on any atom is 0.261 e. The molecular weight excluding hydrogens is 362 g/mol. The summed E-state index contributed by atoms with van der Waals surface area (Å²) < 4.78 is 27.8. The summed E-state index contributed by atoms with van der Waals surface area (Å²) in [5.74, 6) is -0.0124. The van der Waals surface area contributed by atoms with Gasteiger partial charge in [-0.2, -0.15) is 0 Å². The van der Waals surface area contributed by atoms with Gasteiger partial charge in [0.2, 0.25) is 5.91 Å². The topological polar surface area (TPSA) is 87.3 Å². The van der Waals surface area contributed by atoms with E-state index in [1.807, 2.05) is 0 Å². The van der Waals surface area contributed by atoms with Crippen LogP contribution in [0.4, 0.5) is 11.4 Å². The van der Waals surface area contributed by atoms with Gasteiger partial charge in [0.15, 0.2) is 0 Å². The lowest BCUT2D eigenvalue weighted by molar-refractivity contribution is -0.118. The number of carbonyl (C=O) groups is 1. The van der Waals surface area contributed by atoms with E-state index in [4.69, 9.17) is 0 Å². The summed E-state index contributed by atoms with van der Waals surface area (Å²) in [5.41, 5.74) is 0.987. The lowest BCUT2D eigenvalue weighted by atomic mass is 9.92. The zero-order valence-corrected chi connectivity index (χ0v) is 15.8. The van der Waals surface area contributed by atoms with Crippen LogP contribution in [0.1, 0.15) is 19.3 Å². The Kier molecular flexibility index (Phi) is 4.65. The monoisotopic (exact) mass is 385 g/mol. The number of hydrogen-bond donors (Lipinski definition) is 3. The minimum Gasteiger partial charge on any atom is -0.324 e. The van der Waals surface area contributed by atoms with Gasteiger partial charge in [0.25, 0.3) is 10.0 Å². The van der Waals surface area contributed by atoms with Crippen molar-refractivity contribution in [1.82, 2.24) is 5.32 Å². The number of piperidine rings is 1. The van der Waals surface area contributed by atoms with Crippen molar-refractivity contribution in [3.05, 3.63) is 54.6 Å². The molecule has 1 heterocycles. The van der Waals surface area contributed by atoms with E-state index in [9.17, 15) is 13.2 Å². The molecule has 3 N–H and O–H groups in total. The molecule has 2 aromatic rings. The van der Waals surface area contributed by atoms with E-state index in [-0.39, 0.29) is 22.1 Å². The molecule has 0 aromatic heterocycles. The number of benzene rings is 2. The van der Waals surface area contributed by atoms with Crippen LogP contribution in [0.25, 0.3) is 0 Å². The van der Waals surface area contributed by atoms with Crippen molar-refractivity contribution in [2.24, 2.45) is 11.3 Å². The number of sulfonamides is 1. The molecule has 1 aliphatic carbocycles. The van der Waals surface area contributed by atoms with Crippen LogP contribution in [-0.2, 0) is 14.8 Å². The number of rotatable bonds is 5. The van der Waals surface area contributed by atoms with E-state index >= 15 is 0 Å². The van der Waals surface area contributed by atoms with Crippen molar-refractivity contribution in [1.29, 1.82) is 0 Å². The van der Waals surface area contributed by atoms with Crippen molar-refractivity contribution in [2.45, 2.75) is 24.2 Å². The second-order valence-corrected chi connectivity index (χ2v) is 9.00. The van der Waals surface area contributed by atoms with Gasteiger partial charge in [0.1, 0.15) is 0 Å². The van der Waals surface area contributed by atoms with E-state index in [1.165, 1.54) is 12.1 Å². The van der Waals surface area contributed by atoms with E-state index in [1.54, 1.807) is 42.5 Å². The van der Waals surface area contributed by atoms with E-state index in [0.717, 1.165) is 32.4 Å². The first-order chi connectivity index (χ1) is 13.0. The fraction of sp³-hybridized carbons (Fsp3) is 0.350. The third-order valence-electron chi connectivity index (χ3n) is 5.59. The average Bonchev–Trinajstić information content (AvgIpc) is 3.37. The standard InChI is InChI=1S/C20H23N3O3S/c24-19(16-14-20(16)10-12-21-13-11-20)22-17-8-4-5-9-18(17)23-27(25,26)15-6-2-1-3-7-15/h1-9,16,21,23H,10-14H2,(H,22,24). The summed E-state index contributed by atoms with van der Waals surface area (Å²) in [6.45, 7) is 1.91. The maximum atomic E-state index is 12.7. The van der Waals surface area contributed by atoms with Gasteiger partial charge in [0, 0.05) is 5.92 Å². The molecule has 6 nitrogen and oxygen atoms in total. The highest BCUT2D eigenvalue weighted by atomic mass is 32.2. The molecule has 1 aliphatic heterocycles. The van der Waals surface area contributed by atoms with Crippen LogP contribution in [-0.4, -0.2) is 27.4 Å². The van der Waals surface area contributed by atoms with Gasteiger partial charge in [-0.05, 0) is 62.0 Å². The van der Waals surface area contributed by atoms with Gasteiger partial charge in [-0.15, -0.1) is 0 Å². The number of carbonyl (C=O) groups excluding carboxylic acids is 1. The van der Waals surface area contributed by atoms with E-state index in [2.05, 4.69) is 15.4 Å². The Labute approximate surface area is 159 Å². The minimum atomic E-state index is -3.71. The molecule has 0 bridgehead atoms. The first-order valence-electron chi connectivity index (χ1n) is 9.19. The Morgan fingerprint density at radius 2 is 1.59 bits per heavy atom. The van der Waals surface area contributed by atoms with Crippen LogP contribution in [0.5, 0.6) is 0 Å². The normalized spacial score (nSPS) is 20.8. The van der Waals surface area contributed by atoms with Gasteiger partial charge in [-0.1, -0.05) is 30.3 Å². The smallest absolute Gasteiger partial charge is 0.261 e. The predicted octanol–water partition coefficient (Wildman–Crippen LogP) is 2.82. The second kappa shape index (κ2) is 6.98. The van der Waals surface area contributed by atoms with Crippen LogP contribution < -0.4 is 15.4 Å². The molecule has 1 unspecified atom stereocenters. The molecule has 1 spiro atoms. The van der Waals surface area contributed by atoms with E-state index < -0.39 is 10.0 Å². The fourth-order valence-electron chi connectivity index (χ4n) is 3.90. The Morgan fingerprint density at radius 1 is 0.963 bits per heavy atom. The molecule has 1 saturated heterocycles. The van der Waals surface area contributed by atoms with Gasteiger partial charge in [-0.25, -0.2) is 8.42 Å². The molecule has 7 heteroatoms. The maximum absolute atomic E-state index is 12.7. The Balaban J connectivity index is 1.50. The van der Waals surface area contributed by atoms with Crippen molar-refractivity contribution < 1.29 is 13.2 Å². The molecule has 1 amide bonds. The van der Waals surface area contributed by atoms with Crippen LogP contribution in [0.3, 0.4) is 0 Å². The second-order valence-electron chi connectivity index (χ2n) is 7.32. The van der Waals surface area contributed by atoms with Crippen LogP contribution in [0.15, 0.2) is 59.5 Å². The summed E-state index contributed by atoms with van der Waals surface area (Å²) in [6, 6.07) is 15.1. The molecule has 0 radical (unpaired) electrons. The molecular formula is C20H23N3O3S. The molecule has 27 heavy (non-hydrogen) atoms. The number of anilines is 2. The lowest BCUT2D eigenvalue weighted by Gasteiger charge is -2.23. The summed E-state index contributed by atoms with van der Waals surface area (Å²) in [7, 11) is -3.71. The van der Waals surface area contributed by atoms with Gasteiger partial charge in [-0.3, -0.25) is 9.52 Å². The number of nitrogens with one attached hydrogen (secondary N) is 3. The zero-order valence-electron chi connectivity index (χ0n) is 14.9. The number of amides is 1. The highest BCUT2D eigenvalue weighted by molar-refractivity contribution is 7.92. The quantitative estimate of drug-likeness (QED) is 0.739. The summed E-state index contributed by atoms with van der Waals surface area (Å²) in [6.07, 6.45) is 2.96. The molecule has 1 saturated carbocycles. The summed E-state index contributed by atoms with van der Waals surface area (Å²) in [5, 5.41) is 6.26. The van der Waals surface area contributed by atoms with Crippen LogP contribution in [0.2, 0.25) is 0 Å². The van der Waals surface area contributed by atoms with Gasteiger partial charge in [0.05, 0.1) is 16.3 Å². The molecule has 2 aliphatic rings. The third kappa shape index (κ3) is 3.70. The molecule has 1 atom stereocenters. The summed E-state index contributed by atoms with van der Waals surface area (Å²) in [4.78, 5) is 12.9. The van der Waals surface area contributed by atoms with Gasteiger partial charge < -0.3 is 10.6 Å². The molecule has 4 rings (SSSR count). The highest BCUT2D eigenvalue weighted by Crippen LogP contribution is 2.58. The molecule has 2 fully saturated rings. The van der Waals surface area contributed by atoms with Crippen molar-refractivity contribution in [3.8, 4) is 0 Å². The minimum absolute atomic E-state index is 0.0124. The molecule has 2 aromatic carbocycles. The third-order valence-corrected chi connectivity index (χ3v) is 6.97. The average molecular weight is 385 g/mol. The first kappa shape index (κ1) is 18.0. The largest absolute Gasteiger partial charge is 0.324 e. The van der Waals surface area contributed by atoms with Crippen molar-refractivity contribution in [3.63, 3.8) is 0 Å². The zero-order chi connectivity index (χ0) is 18.9. The Morgan fingerprint density at radius 3 is 2.30 bits per heavy atom. The Hall–Kier alpha value is -2.38. The summed E-state index contributed by atoms with van der Waals surface area (Å²) >= 11 is 0. The predicted molar refractivity (Wildman–Crippen MR) is 105 cm³/mol. The molecule has 142 valence electrons. The SMILES string of the molecule is O=C(Nc1ccccc1NS(=O)(=O)c1ccccc1)C1CC12CCNCC2. The van der Waals surface area contributed by atoms with E-state index in [0.29, 0.717) is 11.4 Å². The Bertz CT molecular complexity index is 938. The lowest BCUT2D eigenvalue weighted by Crippen LogP contribution is -2.31. The first-order valence-corrected chi connectivity index (χ1v) is 10.7.